The zero-order valence-electron chi connectivity index (χ0n) is 14.5. The van der Waals surface area contributed by atoms with Crippen LogP contribution in [0.25, 0.3) is 0 Å². The van der Waals surface area contributed by atoms with Crippen molar-refractivity contribution in [2.24, 2.45) is 12.0 Å². The highest BCUT2D eigenvalue weighted by Crippen LogP contribution is 2.16. The molecule has 2 aromatic rings. The van der Waals surface area contributed by atoms with Crippen LogP contribution in [0, 0.1) is 6.92 Å². The fourth-order valence-corrected chi connectivity index (χ4v) is 2.60. The summed E-state index contributed by atoms with van der Waals surface area (Å²) in [4.78, 5) is 29.0. The molecule has 7 heteroatoms. The van der Waals surface area contributed by atoms with Gasteiger partial charge in [0.05, 0.1) is 12.2 Å². The van der Waals surface area contributed by atoms with Crippen molar-refractivity contribution in [3.05, 3.63) is 53.9 Å². The number of rotatable bonds is 4. The first kappa shape index (κ1) is 16.8. The minimum atomic E-state index is -0.625. The van der Waals surface area contributed by atoms with Crippen molar-refractivity contribution in [3.63, 3.8) is 0 Å². The first-order chi connectivity index (χ1) is 12.0. The van der Waals surface area contributed by atoms with E-state index >= 15 is 0 Å². The van der Waals surface area contributed by atoms with E-state index in [1.54, 1.807) is 19.1 Å². The lowest BCUT2D eigenvalue weighted by molar-refractivity contribution is -0.120. The number of hydrogen-bond acceptors (Lipinski definition) is 4. The van der Waals surface area contributed by atoms with E-state index in [0.717, 1.165) is 11.4 Å². The molecule has 0 fully saturated rings. The fraction of sp³-hybridized carbons (Fsp3) is 0.278. The third-order valence-corrected chi connectivity index (χ3v) is 4.25. The van der Waals surface area contributed by atoms with Crippen LogP contribution in [0.3, 0.4) is 0 Å². The summed E-state index contributed by atoms with van der Waals surface area (Å²) in [5.41, 5.74) is 5.59. The Morgan fingerprint density at radius 1 is 1.24 bits per heavy atom. The largest absolute Gasteiger partial charge is 0.350 e. The van der Waals surface area contributed by atoms with E-state index < -0.39 is 6.04 Å². The van der Waals surface area contributed by atoms with Crippen molar-refractivity contribution in [1.82, 2.24) is 15.3 Å². The van der Waals surface area contributed by atoms with Crippen molar-refractivity contribution in [3.8, 4) is 0 Å². The normalized spacial score (nSPS) is 17.1. The van der Waals surface area contributed by atoms with Gasteiger partial charge in [0.15, 0.2) is 0 Å². The number of para-hydroxylation sites is 1. The van der Waals surface area contributed by atoms with Crippen molar-refractivity contribution < 1.29 is 9.59 Å². The lowest BCUT2D eigenvalue weighted by atomic mass is 10.2. The molecule has 130 valence electrons. The van der Waals surface area contributed by atoms with E-state index in [2.05, 4.69) is 15.7 Å². The van der Waals surface area contributed by atoms with E-state index in [1.807, 2.05) is 48.9 Å². The molecule has 2 amide bonds. The number of hydrazine groups is 1. The Kier molecular flexibility index (Phi) is 4.56. The molecule has 1 aliphatic rings. The number of aliphatic imine (C=N–C) groups is 1. The number of anilines is 1. The topological polar surface area (TPSA) is 78.7 Å². The van der Waals surface area contributed by atoms with Gasteiger partial charge in [-0.15, -0.1) is 0 Å². The zero-order chi connectivity index (χ0) is 18.0. The van der Waals surface area contributed by atoms with E-state index in [9.17, 15) is 9.59 Å². The predicted molar refractivity (Wildman–Crippen MR) is 96.0 cm³/mol. The molecule has 0 aliphatic carbocycles. The summed E-state index contributed by atoms with van der Waals surface area (Å²) in [6.45, 7) is 4.06. The fourth-order valence-electron chi connectivity index (χ4n) is 2.60. The minimum Gasteiger partial charge on any atom is -0.350 e. The molecule has 1 aliphatic heterocycles. The van der Waals surface area contributed by atoms with Gasteiger partial charge in [-0.25, -0.2) is 10.0 Å². The van der Waals surface area contributed by atoms with Crippen LogP contribution in [-0.2, 0) is 23.2 Å². The van der Waals surface area contributed by atoms with Gasteiger partial charge in [-0.1, -0.05) is 18.2 Å². The van der Waals surface area contributed by atoms with Gasteiger partial charge < -0.3 is 9.88 Å². The Hall–Kier alpha value is -3.09. The number of amidine groups is 1. The van der Waals surface area contributed by atoms with Gasteiger partial charge in [0.1, 0.15) is 6.04 Å². The Labute approximate surface area is 146 Å². The molecule has 2 heterocycles. The Bertz CT molecular complexity index is 825. The first-order valence-electron chi connectivity index (χ1n) is 8.10. The third-order valence-electron chi connectivity index (χ3n) is 4.25. The van der Waals surface area contributed by atoms with Crippen molar-refractivity contribution >= 4 is 23.3 Å². The van der Waals surface area contributed by atoms with Crippen LogP contribution in [0.15, 0.2) is 47.5 Å². The number of hydrogen-bond donors (Lipinski definition) is 2. The summed E-state index contributed by atoms with van der Waals surface area (Å²) in [6, 6.07) is 12.5. The summed E-state index contributed by atoms with van der Waals surface area (Å²) < 4.78 is 2.01. The Morgan fingerprint density at radius 3 is 2.60 bits per heavy atom. The van der Waals surface area contributed by atoms with Crippen molar-refractivity contribution in [1.29, 1.82) is 0 Å². The van der Waals surface area contributed by atoms with Gasteiger partial charge in [0, 0.05) is 18.4 Å². The van der Waals surface area contributed by atoms with Crippen LogP contribution in [0.4, 0.5) is 5.69 Å². The van der Waals surface area contributed by atoms with Crippen LogP contribution < -0.4 is 15.8 Å². The number of benzene rings is 1. The standard InChI is InChI=1S/C18H21N5O2/c1-12-9-10-15(22(12)3)11-19-17(24)16-20-13(2)18(25)23(21-16)14-7-5-4-6-8-14/h4-10,13H,11H2,1-3H3,(H,19,24)(H,20,21). The molecule has 1 atom stereocenters. The van der Waals surface area contributed by atoms with Crippen LogP contribution in [0.1, 0.15) is 18.3 Å². The summed E-state index contributed by atoms with van der Waals surface area (Å²) in [6.07, 6.45) is 0. The number of amides is 2. The van der Waals surface area contributed by atoms with E-state index in [1.165, 1.54) is 5.01 Å². The van der Waals surface area contributed by atoms with Crippen LogP contribution in [0.5, 0.6) is 0 Å². The van der Waals surface area contributed by atoms with Gasteiger partial charge in [-0.2, -0.15) is 0 Å². The SMILES string of the molecule is Cc1ccc(CNC(=O)C2=NC(C)C(=O)N(c3ccccc3)N2)n1C. The molecule has 0 saturated heterocycles. The smallest absolute Gasteiger partial charge is 0.288 e. The summed E-state index contributed by atoms with van der Waals surface area (Å²) in [5.74, 6) is -0.429. The highest BCUT2D eigenvalue weighted by atomic mass is 16.2. The molecule has 25 heavy (non-hydrogen) atoms. The number of aromatic nitrogens is 1. The number of aryl methyl sites for hydroxylation is 1. The Morgan fingerprint density at radius 2 is 1.96 bits per heavy atom. The number of nitrogens with zero attached hydrogens (tertiary/aromatic N) is 3. The van der Waals surface area contributed by atoms with E-state index in [-0.39, 0.29) is 17.6 Å². The maximum Gasteiger partial charge on any atom is 0.288 e. The van der Waals surface area contributed by atoms with Gasteiger partial charge in [-0.05, 0) is 38.1 Å². The molecule has 1 aromatic carbocycles. The van der Waals surface area contributed by atoms with E-state index in [0.29, 0.717) is 12.2 Å². The minimum absolute atomic E-state index is 0.127. The van der Waals surface area contributed by atoms with Crippen LogP contribution >= 0.6 is 0 Å². The lowest BCUT2D eigenvalue weighted by Gasteiger charge is -2.30. The predicted octanol–water partition coefficient (Wildman–Crippen LogP) is 1.29. The van der Waals surface area contributed by atoms with Gasteiger partial charge in [-0.3, -0.25) is 15.0 Å². The molecule has 7 nitrogen and oxygen atoms in total. The molecule has 0 radical (unpaired) electrons. The molecule has 0 spiro atoms. The average Bonchev–Trinajstić information content (AvgIpc) is 2.94. The monoisotopic (exact) mass is 339 g/mol. The van der Waals surface area contributed by atoms with Gasteiger partial charge in [0.25, 0.3) is 11.8 Å². The summed E-state index contributed by atoms with van der Waals surface area (Å²) in [5, 5.41) is 4.20. The van der Waals surface area contributed by atoms with Crippen molar-refractivity contribution in [2.75, 3.05) is 5.01 Å². The van der Waals surface area contributed by atoms with E-state index in [4.69, 9.17) is 0 Å². The second-order valence-electron chi connectivity index (χ2n) is 5.98. The average molecular weight is 339 g/mol. The zero-order valence-corrected chi connectivity index (χ0v) is 14.5. The first-order valence-corrected chi connectivity index (χ1v) is 8.10. The second-order valence-corrected chi connectivity index (χ2v) is 5.98. The number of carbonyl (C=O) groups excluding carboxylic acids is 2. The molecular weight excluding hydrogens is 318 g/mol. The highest BCUT2D eigenvalue weighted by Gasteiger charge is 2.30. The summed E-state index contributed by atoms with van der Waals surface area (Å²) in [7, 11) is 1.95. The second kappa shape index (κ2) is 6.80. The number of nitrogens with one attached hydrogen (secondary N) is 2. The summed E-state index contributed by atoms with van der Waals surface area (Å²) >= 11 is 0. The third kappa shape index (κ3) is 3.40. The molecule has 1 unspecified atom stereocenters. The lowest BCUT2D eigenvalue weighted by Crippen LogP contribution is -2.58. The molecule has 0 bridgehead atoms. The maximum atomic E-state index is 12.5. The highest BCUT2D eigenvalue weighted by molar-refractivity contribution is 6.39. The Balaban J connectivity index is 1.72. The van der Waals surface area contributed by atoms with Crippen molar-refractivity contribution in [2.45, 2.75) is 26.4 Å². The van der Waals surface area contributed by atoms with Crippen LogP contribution in [-0.4, -0.2) is 28.3 Å². The maximum absolute atomic E-state index is 12.5. The molecule has 0 saturated carbocycles. The number of carbonyl (C=O) groups is 2. The molecule has 2 N–H and O–H groups in total. The molecule has 3 rings (SSSR count). The van der Waals surface area contributed by atoms with Crippen LogP contribution in [0.2, 0.25) is 0 Å². The quantitative estimate of drug-likeness (QED) is 0.881. The van der Waals surface area contributed by atoms with Gasteiger partial charge in [0.2, 0.25) is 5.84 Å². The molecular formula is C18H21N5O2. The van der Waals surface area contributed by atoms with Gasteiger partial charge >= 0.3 is 0 Å². The molecule has 1 aromatic heterocycles.